The molecule has 1 aliphatic heterocycles. The summed E-state index contributed by atoms with van der Waals surface area (Å²) in [5.41, 5.74) is 1.20. The lowest BCUT2D eigenvalue weighted by Gasteiger charge is -2.29. The van der Waals surface area contributed by atoms with E-state index in [1.165, 1.54) is 9.78 Å². The summed E-state index contributed by atoms with van der Waals surface area (Å²) in [5.74, 6) is -0.688. The van der Waals surface area contributed by atoms with Crippen LogP contribution in [0.3, 0.4) is 0 Å². The van der Waals surface area contributed by atoms with E-state index < -0.39 is 0 Å². The van der Waals surface area contributed by atoms with E-state index in [1.54, 1.807) is 29.5 Å². The first kappa shape index (κ1) is 17.9. The zero-order valence-corrected chi connectivity index (χ0v) is 15.9. The minimum Gasteiger partial charge on any atom is -0.352 e. The molecule has 1 aromatic carbocycles. The Morgan fingerprint density at radius 2 is 1.85 bits per heavy atom. The molecule has 5 nitrogen and oxygen atoms in total. The Bertz CT molecular complexity index is 870. The Balaban J connectivity index is 1.46. The smallest absolute Gasteiger partial charge is 0.261 e. The van der Waals surface area contributed by atoms with Gasteiger partial charge in [-0.15, -0.1) is 11.3 Å². The molecule has 140 valence electrons. The lowest BCUT2D eigenvalue weighted by atomic mass is 9.94. The van der Waals surface area contributed by atoms with Crippen molar-refractivity contribution in [3.63, 3.8) is 0 Å². The number of benzene rings is 1. The van der Waals surface area contributed by atoms with E-state index in [4.69, 9.17) is 0 Å². The maximum absolute atomic E-state index is 12.8. The molecule has 0 atom stereocenters. The van der Waals surface area contributed by atoms with Crippen LogP contribution in [0.25, 0.3) is 0 Å². The van der Waals surface area contributed by atoms with E-state index in [2.05, 4.69) is 5.32 Å². The first-order chi connectivity index (χ1) is 13.1. The van der Waals surface area contributed by atoms with Crippen molar-refractivity contribution in [1.82, 2.24) is 10.2 Å². The summed E-state index contributed by atoms with van der Waals surface area (Å²) in [7, 11) is 0. The van der Waals surface area contributed by atoms with Gasteiger partial charge in [0.15, 0.2) is 0 Å². The van der Waals surface area contributed by atoms with Crippen LogP contribution in [0.5, 0.6) is 0 Å². The number of rotatable bonds is 5. The molecule has 1 N–H and O–H groups in total. The summed E-state index contributed by atoms with van der Waals surface area (Å²) < 4.78 is 0. The largest absolute Gasteiger partial charge is 0.352 e. The molecule has 1 saturated carbocycles. The Labute approximate surface area is 162 Å². The fourth-order valence-electron chi connectivity index (χ4n) is 3.93. The second kappa shape index (κ2) is 7.64. The quantitative estimate of drug-likeness (QED) is 0.803. The zero-order chi connectivity index (χ0) is 18.8. The van der Waals surface area contributed by atoms with Crippen molar-refractivity contribution in [1.29, 1.82) is 0 Å². The van der Waals surface area contributed by atoms with Gasteiger partial charge in [0.1, 0.15) is 0 Å². The molecular weight excluding hydrogens is 360 g/mol. The van der Waals surface area contributed by atoms with Gasteiger partial charge in [0.25, 0.3) is 17.7 Å². The van der Waals surface area contributed by atoms with E-state index in [1.807, 2.05) is 17.5 Å². The monoisotopic (exact) mass is 382 g/mol. The lowest BCUT2D eigenvalue weighted by Crippen LogP contribution is -2.40. The fraction of sp³-hybridized carbons (Fsp3) is 0.381. The van der Waals surface area contributed by atoms with Gasteiger partial charge in [-0.1, -0.05) is 25.3 Å². The van der Waals surface area contributed by atoms with Crippen molar-refractivity contribution in [2.45, 2.75) is 44.6 Å². The number of thiophene rings is 1. The van der Waals surface area contributed by atoms with E-state index in [0.717, 1.165) is 38.5 Å². The maximum atomic E-state index is 12.8. The van der Waals surface area contributed by atoms with E-state index in [0.29, 0.717) is 23.2 Å². The lowest BCUT2D eigenvalue weighted by molar-refractivity contribution is 0.0549. The van der Waals surface area contributed by atoms with Crippen LogP contribution >= 0.6 is 11.3 Å². The van der Waals surface area contributed by atoms with Gasteiger partial charge in [-0.25, -0.2) is 0 Å². The normalized spacial score (nSPS) is 17.3. The molecule has 0 saturated heterocycles. The first-order valence-electron chi connectivity index (χ1n) is 9.47. The highest BCUT2D eigenvalue weighted by Crippen LogP contribution is 2.31. The van der Waals surface area contributed by atoms with Gasteiger partial charge in [0.2, 0.25) is 0 Å². The number of carbonyl (C=O) groups is 3. The van der Waals surface area contributed by atoms with Crippen LogP contribution in [-0.4, -0.2) is 35.2 Å². The van der Waals surface area contributed by atoms with Gasteiger partial charge in [-0.05, 0) is 48.9 Å². The minimum absolute atomic E-state index is 0.00535. The van der Waals surface area contributed by atoms with Crippen molar-refractivity contribution >= 4 is 29.1 Å². The summed E-state index contributed by atoms with van der Waals surface area (Å²) in [6, 6.07) is 8.84. The summed E-state index contributed by atoms with van der Waals surface area (Å²) >= 11 is 1.66. The van der Waals surface area contributed by atoms with E-state index in [-0.39, 0.29) is 23.8 Å². The molecule has 1 aliphatic carbocycles. The summed E-state index contributed by atoms with van der Waals surface area (Å²) in [6.45, 7) is 0.539. The molecule has 1 aromatic heterocycles. The molecule has 6 heteroatoms. The van der Waals surface area contributed by atoms with Crippen LogP contribution in [-0.2, 0) is 6.42 Å². The van der Waals surface area contributed by atoms with Gasteiger partial charge in [0, 0.05) is 23.0 Å². The molecule has 4 rings (SSSR count). The Hall–Kier alpha value is -2.47. The Morgan fingerprint density at radius 1 is 1.07 bits per heavy atom. The number of amides is 3. The zero-order valence-electron chi connectivity index (χ0n) is 15.1. The molecular formula is C21H22N2O3S. The number of imide groups is 1. The highest BCUT2D eigenvalue weighted by molar-refractivity contribution is 7.09. The highest BCUT2D eigenvalue weighted by Gasteiger charge is 2.40. The van der Waals surface area contributed by atoms with Crippen LogP contribution in [0, 0.1) is 0 Å². The summed E-state index contributed by atoms with van der Waals surface area (Å²) in [5, 5.41) is 4.90. The number of carbonyl (C=O) groups excluding carboxylic acids is 3. The number of nitrogens with zero attached hydrogens (tertiary/aromatic N) is 1. The predicted octanol–water partition coefficient (Wildman–Crippen LogP) is 3.65. The van der Waals surface area contributed by atoms with Crippen molar-refractivity contribution in [3.8, 4) is 0 Å². The summed E-state index contributed by atoms with van der Waals surface area (Å²) in [6.07, 6.45) is 5.80. The molecule has 0 spiro atoms. The average Bonchev–Trinajstić information content (AvgIpc) is 3.29. The van der Waals surface area contributed by atoms with Gasteiger partial charge in [-0.3, -0.25) is 19.3 Å². The molecule has 2 heterocycles. The van der Waals surface area contributed by atoms with Gasteiger partial charge in [-0.2, -0.15) is 0 Å². The third-order valence-electron chi connectivity index (χ3n) is 5.36. The molecule has 0 unspecified atom stereocenters. The van der Waals surface area contributed by atoms with Gasteiger partial charge >= 0.3 is 0 Å². The third kappa shape index (κ3) is 3.54. The fourth-order valence-corrected chi connectivity index (χ4v) is 4.64. The molecule has 1 fully saturated rings. The van der Waals surface area contributed by atoms with Gasteiger partial charge < -0.3 is 5.32 Å². The average molecular weight is 382 g/mol. The number of fused-ring (bicyclic) bond motifs is 1. The molecule has 0 bridgehead atoms. The van der Waals surface area contributed by atoms with E-state index in [9.17, 15) is 14.4 Å². The van der Waals surface area contributed by atoms with Crippen LogP contribution in [0.1, 0.15) is 68.1 Å². The Morgan fingerprint density at radius 3 is 2.59 bits per heavy atom. The van der Waals surface area contributed by atoms with Crippen molar-refractivity contribution in [2.24, 2.45) is 0 Å². The second-order valence-electron chi connectivity index (χ2n) is 7.12. The van der Waals surface area contributed by atoms with Crippen LogP contribution in [0.4, 0.5) is 0 Å². The van der Waals surface area contributed by atoms with Crippen molar-refractivity contribution in [3.05, 3.63) is 57.3 Å². The molecule has 0 radical (unpaired) electrons. The second-order valence-corrected chi connectivity index (χ2v) is 8.15. The molecule has 2 aliphatic rings. The van der Waals surface area contributed by atoms with Crippen molar-refractivity contribution in [2.75, 3.05) is 6.54 Å². The predicted molar refractivity (Wildman–Crippen MR) is 104 cm³/mol. The van der Waals surface area contributed by atoms with Crippen molar-refractivity contribution < 1.29 is 14.4 Å². The molecule has 27 heavy (non-hydrogen) atoms. The van der Waals surface area contributed by atoms with Crippen LogP contribution in [0.2, 0.25) is 0 Å². The first-order valence-corrected chi connectivity index (χ1v) is 10.4. The standard InChI is InChI=1S/C21H22N2O3S/c24-19(22-11-10-16-7-4-12-27-16)14-8-9-17-18(13-14)21(26)23(20(17)25)15-5-2-1-3-6-15/h4,7-9,12-13,15H,1-3,5-6,10-11H2,(H,22,24). The van der Waals surface area contributed by atoms with Crippen LogP contribution in [0.15, 0.2) is 35.7 Å². The molecule has 2 aromatic rings. The topological polar surface area (TPSA) is 66.5 Å². The SMILES string of the molecule is O=C(NCCc1cccs1)c1ccc2c(c1)C(=O)N(C1CCCCC1)C2=O. The Kier molecular flexibility index (Phi) is 5.07. The number of nitrogens with one attached hydrogen (secondary N) is 1. The minimum atomic E-state index is -0.255. The number of hydrogen-bond donors (Lipinski definition) is 1. The number of hydrogen-bond acceptors (Lipinski definition) is 4. The third-order valence-corrected chi connectivity index (χ3v) is 6.29. The molecule has 3 amide bonds. The van der Waals surface area contributed by atoms with Crippen LogP contribution < -0.4 is 5.32 Å². The van der Waals surface area contributed by atoms with Gasteiger partial charge in [0.05, 0.1) is 11.1 Å². The summed E-state index contributed by atoms with van der Waals surface area (Å²) in [4.78, 5) is 40.6. The highest BCUT2D eigenvalue weighted by atomic mass is 32.1. The van der Waals surface area contributed by atoms with E-state index >= 15 is 0 Å². The maximum Gasteiger partial charge on any atom is 0.261 e.